The third kappa shape index (κ3) is 7.88. The van der Waals surface area contributed by atoms with Crippen molar-refractivity contribution in [3.05, 3.63) is 11.3 Å². The van der Waals surface area contributed by atoms with Gasteiger partial charge in [0.25, 0.3) is 0 Å². The van der Waals surface area contributed by atoms with Crippen LogP contribution < -0.4 is 0 Å². The molecule has 0 aromatic carbocycles. The maximum Gasteiger partial charge on any atom is 0.188 e. The number of rotatable bonds is 3. The molecule has 0 aromatic heterocycles. The Kier molecular flexibility index (Phi) is 3.86. The lowest BCUT2D eigenvalue weighted by Gasteiger charge is -2.16. The Morgan fingerprint density at radius 2 is 2.00 bits per heavy atom. The molecule has 60 valence electrons. The minimum absolute atomic E-state index is 0.652. The monoisotopic (exact) mass is 160 g/mol. The molecule has 0 saturated carbocycles. The minimum Gasteiger partial charge on any atom is -0.393 e. The molecular formula is C7H16O2Si. The van der Waals surface area contributed by atoms with Crippen molar-refractivity contribution in [2.45, 2.75) is 33.5 Å². The summed E-state index contributed by atoms with van der Waals surface area (Å²) >= 11 is 0. The molecule has 2 nitrogen and oxygen atoms in total. The molecule has 0 amide bonds. The summed E-state index contributed by atoms with van der Waals surface area (Å²) in [4.78, 5) is 0. The second kappa shape index (κ2) is 3.90. The van der Waals surface area contributed by atoms with Crippen molar-refractivity contribution in [1.82, 2.24) is 0 Å². The summed E-state index contributed by atoms with van der Waals surface area (Å²) in [6.45, 7) is 7.36. The van der Waals surface area contributed by atoms with E-state index in [-0.39, 0.29) is 0 Å². The first-order chi connectivity index (χ1) is 4.42. The van der Waals surface area contributed by atoms with Crippen LogP contribution in [0.15, 0.2) is 11.3 Å². The molecule has 0 aliphatic heterocycles. The molecule has 0 bridgehead atoms. The van der Waals surface area contributed by atoms with E-state index < -0.39 is 15.6 Å². The lowest BCUT2D eigenvalue weighted by molar-refractivity contribution is -0.103. The topological polar surface area (TPSA) is 29.5 Å². The SMILES string of the molecule is CC(C)=C[SiH2]OC(C)(C)O. The quantitative estimate of drug-likeness (QED) is 0.487. The average Bonchev–Trinajstić information content (AvgIpc) is 1.59. The third-order valence-electron chi connectivity index (χ3n) is 0.928. The molecule has 0 aliphatic rings. The summed E-state index contributed by atoms with van der Waals surface area (Å²) in [6.07, 6.45) is 0. The molecule has 0 rings (SSSR count). The summed E-state index contributed by atoms with van der Waals surface area (Å²) < 4.78 is 5.16. The van der Waals surface area contributed by atoms with Crippen LogP contribution in [0.2, 0.25) is 0 Å². The van der Waals surface area contributed by atoms with Crippen molar-refractivity contribution < 1.29 is 9.53 Å². The fourth-order valence-corrected chi connectivity index (χ4v) is 1.24. The molecule has 0 fully saturated rings. The molecule has 0 atom stereocenters. The van der Waals surface area contributed by atoms with Gasteiger partial charge in [0.2, 0.25) is 0 Å². The van der Waals surface area contributed by atoms with Gasteiger partial charge in [-0.15, -0.1) is 0 Å². The highest BCUT2D eigenvalue weighted by Gasteiger charge is 2.09. The molecule has 0 aromatic rings. The molecule has 10 heavy (non-hydrogen) atoms. The number of aliphatic hydroxyl groups is 1. The second-order valence-electron chi connectivity index (χ2n) is 3.04. The van der Waals surface area contributed by atoms with E-state index in [2.05, 4.69) is 5.70 Å². The van der Waals surface area contributed by atoms with Crippen molar-refractivity contribution in [3.8, 4) is 0 Å². The lowest BCUT2D eigenvalue weighted by Crippen LogP contribution is -2.24. The maximum atomic E-state index is 9.11. The first-order valence-corrected chi connectivity index (χ1v) is 4.81. The standard InChI is InChI=1S/C7H16O2Si/c1-6(2)5-10-9-7(3,4)8/h5,8H,10H2,1-4H3. The smallest absolute Gasteiger partial charge is 0.188 e. The van der Waals surface area contributed by atoms with E-state index in [0.29, 0.717) is 0 Å². The maximum absolute atomic E-state index is 9.11. The average molecular weight is 160 g/mol. The Morgan fingerprint density at radius 1 is 1.50 bits per heavy atom. The zero-order chi connectivity index (χ0) is 8.20. The molecule has 1 N–H and O–H groups in total. The van der Waals surface area contributed by atoms with Gasteiger partial charge in [-0.1, -0.05) is 11.3 Å². The largest absolute Gasteiger partial charge is 0.393 e. The van der Waals surface area contributed by atoms with E-state index in [0.717, 1.165) is 0 Å². The van der Waals surface area contributed by atoms with Gasteiger partial charge in [0.15, 0.2) is 9.76 Å². The van der Waals surface area contributed by atoms with Crippen LogP contribution in [-0.4, -0.2) is 20.7 Å². The molecule has 0 aliphatic carbocycles. The van der Waals surface area contributed by atoms with E-state index in [4.69, 9.17) is 9.53 Å². The molecule has 0 unspecified atom stereocenters. The van der Waals surface area contributed by atoms with Gasteiger partial charge in [0.1, 0.15) is 5.79 Å². The van der Waals surface area contributed by atoms with E-state index >= 15 is 0 Å². The zero-order valence-corrected chi connectivity index (χ0v) is 8.55. The van der Waals surface area contributed by atoms with E-state index in [1.807, 2.05) is 13.8 Å². The summed E-state index contributed by atoms with van der Waals surface area (Å²) in [5.74, 6) is -0.946. The lowest BCUT2D eigenvalue weighted by atomic mass is 10.4. The van der Waals surface area contributed by atoms with Gasteiger partial charge >= 0.3 is 0 Å². The molecule has 0 saturated heterocycles. The Hall–Kier alpha value is -0.123. The number of hydrogen-bond donors (Lipinski definition) is 1. The highest BCUT2D eigenvalue weighted by Crippen LogP contribution is 2.01. The van der Waals surface area contributed by atoms with Gasteiger partial charge in [0, 0.05) is 0 Å². The van der Waals surface area contributed by atoms with Gasteiger partial charge in [0.05, 0.1) is 0 Å². The molecule has 0 radical (unpaired) electrons. The molecular weight excluding hydrogens is 144 g/mol. The van der Waals surface area contributed by atoms with Crippen LogP contribution in [0.1, 0.15) is 27.7 Å². The first-order valence-electron chi connectivity index (χ1n) is 3.41. The predicted molar refractivity (Wildman–Crippen MR) is 45.4 cm³/mol. The Morgan fingerprint density at radius 3 is 2.30 bits per heavy atom. The van der Waals surface area contributed by atoms with E-state index in [1.54, 1.807) is 13.8 Å². The highest BCUT2D eigenvalue weighted by atomic mass is 28.2. The summed E-state index contributed by atoms with van der Waals surface area (Å²) in [5.41, 5.74) is 3.33. The van der Waals surface area contributed by atoms with Crippen molar-refractivity contribution in [1.29, 1.82) is 0 Å². The molecule has 0 heterocycles. The Balaban J connectivity index is 3.47. The number of hydrogen-bond acceptors (Lipinski definition) is 2. The molecule has 3 heteroatoms. The van der Waals surface area contributed by atoms with Crippen LogP contribution in [0.5, 0.6) is 0 Å². The Bertz CT molecular complexity index is 120. The minimum atomic E-state index is -0.946. The van der Waals surface area contributed by atoms with Gasteiger partial charge in [-0.25, -0.2) is 0 Å². The third-order valence-corrected chi connectivity index (χ3v) is 2.78. The van der Waals surface area contributed by atoms with Gasteiger partial charge < -0.3 is 9.53 Å². The van der Waals surface area contributed by atoms with E-state index in [1.165, 1.54) is 5.57 Å². The van der Waals surface area contributed by atoms with Gasteiger partial charge in [-0.3, -0.25) is 0 Å². The highest BCUT2D eigenvalue weighted by molar-refractivity contribution is 6.34. The van der Waals surface area contributed by atoms with Crippen molar-refractivity contribution in [3.63, 3.8) is 0 Å². The first kappa shape index (κ1) is 9.88. The molecule has 0 spiro atoms. The van der Waals surface area contributed by atoms with E-state index in [9.17, 15) is 0 Å². The van der Waals surface area contributed by atoms with Gasteiger partial charge in [-0.05, 0) is 27.7 Å². The fourth-order valence-electron chi connectivity index (χ4n) is 0.412. The number of allylic oxidation sites excluding steroid dienone is 1. The second-order valence-corrected chi connectivity index (χ2v) is 4.07. The Labute approximate surface area is 64.8 Å². The van der Waals surface area contributed by atoms with Crippen LogP contribution in [0, 0.1) is 0 Å². The van der Waals surface area contributed by atoms with Gasteiger partial charge in [-0.2, -0.15) is 0 Å². The fraction of sp³-hybridized carbons (Fsp3) is 0.714. The predicted octanol–water partition coefficient (Wildman–Crippen LogP) is 0.739. The summed E-state index contributed by atoms with van der Waals surface area (Å²) in [7, 11) is -0.652. The van der Waals surface area contributed by atoms with Crippen molar-refractivity contribution >= 4 is 9.76 Å². The summed E-state index contributed by atoms with van der Waals surface area (Å²) in [6, 6.07) is 0. The van der Waals surface area contributed by atoms with Crippen molar-refractivity contribution in [2.75, 3.05) is 0 Å². The summed E-state index contributed by atoms with van der Waals surface area (Å²) in [5, 5.41) is 9.11. The van der Waals surface area contributed by atoms with Crippen LogP contribution in [-0.2, 0) is 4.43 Å². The van der Waals surface area contributed by atoms with Crippen LogP contribution in [0.4, 0.5) is 0 Å². The van der Waals surface area contributed by atoms with Crippen LogP contribution in [0.3, 0.4) is 0 Å². The van der Waals surface area contributed by atoms with Crippen LogP contribution >= 0.6 is 0 Å². The van der Waals surface area contributed by atoms with Crippen molar-refractivity contribution in [2.24, 2.45) is 0 Å². The normalized spacial score (nSPS) is 12.5. The zero-order valence-electron chi connectivity index (χ0n) is 7.14. The van der Waals surface area contributed by atoms with Crippen LogP contribution in [0.25, 0.3) is 0 Å².